The maximum atomic E-state index is 12.1. The first-order valence-electron chi connectivity index (χ1n) is 8.30. The molecule has 0 spiro atoms. The number of allylic oxidation sites excluding steroid dienone is 2. The van der Waals surface area contributed by atoms with Crippen molar-refractivity contribution in [1.82, 2.24) is 0 Å². The molecular weight excluding hydrogens is 304 g/mol. The first-order chi connectivity index (χ1) is 10.7. The molecule has 124 valence electrons. The maximum Gasteiger partial charge on any atom is 0.258 e. The van der Waals surface area contributed by atoms with E-state index in [1.807, 2.05) is 6.07 Å². The number of ketones is 2. The highest BCUT2D eigenvalue weighted by atomic mass is 28.4. The fourth-order valence-electron chi connectivity index (χ4n) is 3.89. The second kappa shape index (κ2) is 6.44. The largest absolute Gasteiger partial charge is 0.543 e. The summed E-state index contributed by atoms with van der Waals surface area (Å²) in [6.07, 6.45) is 2.67. The normalized spacial score (nSPS) is 14.8. The van der Waals surface area contributed by atoms with Crippen molar-refractivity contribution in [2.75, 3.05) is 0 Å². The topological polar surface area (TPSA) is 43.4 Å². The van der Waals surface area contributed by atoms with Crippen LogP contribution in [-0.2, 0) is 0 Å². The number of benzene rings is 1. The van der Waals surface area contributed by atoms with Gasteiger partial charge in [0.1, 0.15) is 5.75 Å². The lowest BCUT2D eigenvalue weighted by Gasteiger charge is -2.42. The molecule has 0 saturated carbocycles. The van der Waals surface area contributed by atoms with Crippen LogP contribution >= 0.6 is 0 Å². The van der Waals surface area contributed by atoms with Crippen LogP contribution in [0.1, 0.15) is 62.3 Å². The molecule has 3 nitrogen and oxygen atoms in total. The number of fused-ring (bicyclic) bond motifs is 1. The molecule has 1 aromatic carbocycles. The van der Waals surface area contributed by atoms with E-state index in [1.54, 1.807) is 12.1 Å². The average molecular weight is 331 g/mol. The molecule has 1 aliphatic rings. The van der Waals surface area contributed by atoms with Crippen molar-refractivity contribution in [1.29, 1.82) is 0 Å². The van der Waals surface area contributed by atoms with Crippen molar-refractivity contribution in [2.24, 2.45) is 0 Å². The molecule has 23 heavy (non-hydrogen) atoms. The van der Waals surface area contributed by atoms with Crippen LogP contribution in [-0.4, -0.2) is 19.9 Å². The van der Waals surface area contributed by atoms with Crippen LogP contribution in [0.15, 0.2) is 30.4 Å². The van der Waals surface area contributed by atoms with Crippen molar-refractivity contribution in [3.63, 3.8) is 0 Å². The third kappa shape index (κ3) is 3.04. The second-order valence-corrected chi connectivity index (χ2v) is 12.6. The smallest absolute Gasteiger partial charge is 0.258 e. The van der Waals surface area contributed by atoms with Gasteiger partial charge in [-0.3, -0.25) is 9.59 Å². The first kappa shape index (κ1) is 17.7. The number of carbonyl (C=O) groups is 2. The molecule has 0 N–H and O–H groups in total. The zero-order valence-electron chi connectivity index (χ0n) is 14.8. The predicted octanol–water partition coefficient (Wildman–Crippen LogP) is 5.18. The predicted molar refractivity (Wildman–Crippen MR) is 95.9 cm³/mol. The van der Waals surface area contributed by atoms with Crippen LogP contribution in [0.3, 0.4) is 0 Å². The molecule has 0 saturated heterocycles. The van der Waals surface area contributed by atoms with Crippen LogP contribution in [0.25, 0.3) is 0 Å². The monoisotopic (exact) mass is 330 g/mol. The zero-order valence-corrected chi connectivity index (χ0v) is 15.8. The Morgan fingerprint density at radius 2 is 1.26 bits per heavy atom. The van der Waals surface area contributed by atoms with Crippen LogP contribution in [0.2, 0.25) is 16.6 Å². The third-order valence-electron chi connectivity index (χ3n) is 4.91. The van der Waals surface area contributed by atoms with Gasteiger partial charge in [-0.05, 0) is 47.0 Å². The summed E-state index contributed by atoms with van der Waals surface area (Å²) in [5, 5.41) is 0. The summed E-state index contributed by atoms with van der Waals surface area (Å²) >= 11 is 0. The van der Waals surface area contributed by atoms with E-state index in [4.69, 9.17) is 4.43 Å². The van der Waals surface area contributed by atoms with E-state index in [0.29, 0.717) is 33.5 Å². The number of rotatable bonds is 5. The maximum absolute atomic E-state index is 12.1. The van der Waals surface area contributed by atoms with Gasteiger partial charge in [0.2, 0.25) is 0 Å². The summed E-state index contributed by atoms with van der Waals surface area (Å²) in [6, 6.07) is 5.29. The van der Waals surface area contributed by atoms with Gasteiger partial charge in [0.15, 0.2) is 11.6 Å². The fraction of sp³-hybridized carbons (Fsp3) is 0.474. The Balaban J connectivity index is 2.46. The van der Waals surface area contributed by atoms with Gasteiger partial charge in [0, 0.05) is 11.1 Å². The Bertz CT molecular complexity index is 635. The summed E-state index contributed by atoms with van der Waals surface area (Å²) in [4.78, 5) is 23.9. The minimum absolute atomic E-state index is 0.119. The molecule has 0 aliphatic heterocycles. The van der Waals surface area contributed by atoms with Gasteiger partial charge >= 0.3 is 0 Å². The van der Waals surface area contributed by atoms with Gasteiger partial charge in [-0.15, -0.1) is 0 Å². The Morgan fingerprint density at radius 1 is 0.783 bits per heavy atom. The highest BCUT2D eigenvalue weighted by Gasteiger charge is 2.47. The molecule has 0 unspecified atom stereocenters. The minimum Gasteiger partial charge on any atom is -0.543 e. The molecule has 0 atom stereocenters. The van der Waals surface area contributed by atoms with E-state index in [1.165, 1.54) is 12.2 Å². The van der Waals surface area contributed by atoms with Crippen molar-refractivity contribution in [3.05, 3.63) is 41.5 Å². The van der Waals surface area contributed by atoms with E-state index in [2.05, 4.69) is 41.5 Å². The number of hydrogen-bond acceptors (Lipinski definition) is 3. The summed E-state index contributed by atoms with van der Waals surface area (Å²) in [6.45, 7) is 13.3. The second-order valence-electron chi connectivity index (χ2n) is 7.19. The highest BCUT2D eigenvalue weighted by molar-refractivity contribution is 6.78. The van der Waals surface area contributed by atoms with E-state index >= 15 is 0 Å². The van der Waals surface area contributed by atoms with Gasteiger partial charge in [-0.25, -0.2) is 0 Å². The molecule has 1 aromatic rings. The molecule has 0 aromatic heterocycles. The minimum atomic E-state index is -2.07. The zero-order chi connectivity index (χ0) is 17.4. The lowest BCUT2D eigenvalue weighted by atomic mass is 9.95. The molecule has 0 bridgehead atoms. The van der Waals surface area contributed by atoms with E-state index in [0.717, 1.165) is 0 Å². The molecule has 0 radical (unpaired) electrons. The summed E-state index contributed by atoms with van der Waals surface area (Å²) in [5.74, 6) is 0.463. The Hall–Kier alpha value is -1.68. The molecule has 2 rings (SSSR count). The molecule has 0 fully saturated rings. The lowest BCUT2D eigenvalue weighted by Crippen LogP contribution is -2.50. The molecule has 0 amide bonds. The lowest BCUT2D eigenvalue weighted by molar-refractivity contribution is 0.0994. The Labute approximate surface area is 139 Å². The van der Waals surface area contributed by atoms with E-state index < -0.39 is 8.32 Å². The van der Waals surface area contributed by atoms with Crippen LogP contribution in [0.4, 0.5) is 0 Å². The third-order valence-corrected chi connectivity index (χ3v) is 10.9. The first-order valence-corrected chi connectivity index (χ1v) is 10.4. The molecular formula is C19H26O3Si. The quantitative estimate of drug-likeness (QED) is 0.699. The van der Waals surface area contributed by atoms with Crippen molar-refractivity contribution >= 4 is 19.9 Å². The van der Waals surface area contributed by atoms with Gasteiger partial charge in [0.25, 0.3) is 8.32 Å². The molecule has 0 heterocycles. The van der Waals surface area contributed by atoms with Crippen molar-refractivity contribution < 1.29 is 14.0 Å². The van der Waals surface area contributed by atoms with Gasteiger partial charge < -0.3 is 4.43 Å². The van der Waals surface area contributed by atoms with Crippen LogP contribution < -0.4 is 4.43 Å². The van der Waals surface area contributed by atoms with Gasteiger partial charge in [0.05, 0.1) is 0 Å². The SMILES string of the molecule is CC(C)[Si](Oc1ccc2c(c1)C(=O)C=CC2=O)(C(C)C)C(C)C. The summed E-state index contributed by atoms with van der Waals surface area (Å²) in [5.41, 5.74) is 2.28. The van der Waals surface area contributed by atoms with Crippen LogP contribution in [0, 0.1) is 0 Å². The molecule has 4 heteroatoms. The average Bonchev–Trinajstić information content (AvgIpc) is 2.47. The summed E-state index contributed by atoms with van der Waals surface area (Å²) in [7, 11) is -2.07. The van der Waals surface area contributed by atoms with Gasteiger partial charge in [-0.2, -0.15) is 0 Å². The standard InChI is InChI=1S/C19H26O3Si/c1-12(2)23(13(3)4,14(5)6)22-15-7-8-16-17(11-15)19(21)10-9-18(16)20/h7-14H,1-6H3. The Kier molecular flexibility index (Phi) is 4.94. The van der Waals surface area contributed by atoms with Gasteiger partial charge in [-0.1, -0.05) is 41.5 Å². The Morgan fingerprint density at radius 3 is 1.74 bits per heavy atom. The van der Waals surface area contributed by atoms with Crippen molar-refractivity contribution in [3.8, 4) is 5.75 Å². The summed E-state index contributed by atoms with van der Waals surface area (Å²) < 4.78 is 6.59. The van der Waals surface area contributed by atoms with Crippen LogP contribution in [0.5, 0.6) is 5.75 Å². The highest BCUT2D eigenvalue weighted by Crippen LogP contribution is 2.43. The van der Waals surface area contributed by atoms with E-state index in [9.17, 15) is 9.59 Å². The van der Waals surface area contributed by atoms with E-state index in [-0.39, 0.29) is 11.6 Å². The number of hydrogen-bond donors (Lipinski definition) is 0. The fourth-order valence-corrected chi connectivity index (χ4v) is 9.14. The molecule has 1 aliphatic carbocycles. The number of carbonyl (C=O) groups excluding carboxylic acids is 2. The van der Waals surface area contributed by atoms with Crippen molar-refractivity contribution in [2.45, 2.75) is 58.2 Å².